The van der Waals surface area contributed by atoms with Crippen molar-refractivity contribution in [3.05, 3.63) is 29.8 Å². The highest BCUT2D eigenvalue weighted by molar-refractivity contribution is 5.35. The Bertz CT molecular complexity index is 351. The summed E-state index contributed by atoms with van der Waals surface area (Å²) in [6.45, 7) is 10.9. The number of hydrogen-bond acceptors (Lipinski definition) is 2. The first-order chi connectivity index (χ1) is 8.58. The first-order valence-electron chi connectivity index (χ1n) is 7.10. The number of rotatable bonds is 7. The van der Waals surface area contributed by atoms with Crippen LogP contribution in [0.2, 0.25) is 0 Å². The van der Waals surface area contributed by atoms with E-state index in [9.17, 15) is 0 Å². The van der Waals surface area contributed by atoms with Crippen LogP contribution in [0.1, 0.15) is 59.1 Å². The van der Waals surface area contributed by atoms with Crippen molar-refractivity contribution in [1.82, 2.24) is 5.32 Å². The molecular formula is C16H27NO. The zero-order valence-electron chi connectivity index (χ0n) is 12.4. The van der Waals surface area contributed by atoms with Crippen molar-refractivity contribution in [2.45, 2.75) is 65.6 Å². The molecule has 2 heteroatoms. The molecule has 0 saturated carbocycles. The van der Waals surface area contributed by atoms with Crippen molar-refractivity contribution in [3.8, 4) is 5.75 Å². The van der Waals surface area contributed by atoms with Crippen molar-refractivity contribution >= 4 is 0 Å². The summed E-state index contributed by atoms with van der Waals surface area (Å²) in [7, 11) is 0. The number of ether oxygens (including phenoxy) is 1. The van der Waals surface area contributed by atoms with Crippen LogP contribution < -0.4 is 10.1 Å². The molecule has 0 aliphatic rings. The zero-order chi connectivity index (χ0) is 13.5. The summed E-state index contributed by atoms with van der Waals surface area (Å²) in [6, 6.07) is 9.18. The van der Waals surface area contributed by atoms with Crippen LogP contribution in [-0.4, -0.2) is 12.1 Å². The smallest absolute Gasteiger partial charge is 0.124 e. The molecule has 0 unspecified atom stereocenters. The fraction of sp³-hybridized carbons (Fsp3) is 0.625. The van der Waals surface area contributed by atoms with Crippen molar-refractivity contribution in [2.24, 2.45) is 0 Å². The molecule has 0 fully saturated rings. The molecule has 0 heterocycles. The molecule has 0 radical (unpaired) electrons. The van der Waals surface area contributed by atoms with Gasteiger partial charge in [-0.2, -0.15) is 0 Å². The van der Waals surface area contributed by atoms with E-state index in [2.05, 4.69) is 58.1 Å². The van der Waals surface area contributed by atoms with Gasteiger partial charge >= 0.3 is 0 Å². The van der Waals surface area contributed by atoms with Gasteiger partial charge in [0.2, 0.25) is 0 Å². The Morgan fingerprint density at radius 1 is 1.06 bits per heavy atom. The van der Waals surface area contributed by atoms with Crippen molar-refractivity contribution in [2.75, 3.05) is 0 Å². The number of nitrogens with one attached hydrogen (secondary N) is 1. The van der Waals surface area contributed by atoms with Gasteiger partial charge in [-0.05, 0) is 39.7 Å². The minimum Gasteiger partial charge on any atom is -0.490 e. The van der Waals surface area contributed by atoms with Gasteiger partial charge in [-0.25, -0.2) is 0 Å². The quantitative estimate of drug-likeness (QED) is 0.777. The summed E-state index contributed by atoms with van der Waals surface area (Å²) in [5, 5.41) is 3.60. The number of para-hydroxylation sites is 1. The topological polar surface area (TPSA) is 21.3 Å². The zero-order valence-corrected chi connectivity index (χ0v) is 12.4. The van der Waals surface area contributed by atoms with Gasteiger partial charge in [0.1, 0.15) is 5.75 Å². The van der Waals surface area contributed by atoms with E-state index in [0.717, 1.165) is 18.6 Å². The van der Waals surface area contributed by atoms with Gasteiger partial charge in [-0.1, -0.05) is 32.0 Å². The van der Waals surface area contributed by atoms with Crippen LogP contribution in [0.4, 0.5) is 0 Å². The summed E-state index contributed by atoms with van der Waals surface area (Å²) < 4.78 is 5.99. The third-order valence-electron chi connectivity index (χ3n) is 3.44. The molecule has 1 aromatic carbocycles. The molecule has 18 heavy (non-hydrogen) atoms. The van der Waals surface area contributed by atoms with Gasteiger partial charge in [0.15, 0.2) is 0 Å². The molecule has 102 valence electrons. The fourth-order valence-electron chi connectivity index (χ4n) is 1.88. The van der Waals surface area contributed by atoms with Crippen LogP contribution in [0.3, 0.4) is 0 Å². The average molecular weight is 249 g/mol. The molecule has 3 atom stereocenters. The lowest BCUT2D eigenvalue weighted by Gasteiger charge is -2.23. The molecule has 1 rings (SSSR count). The maximum atomic E-state index is 5.99. The second-order valence-electron chi connectivity index (χ2n) is 5.07. The van der Waals surface area contributed by atoms with E-state index in [4.69, 9.17) is 4.74 Å². The van der Waals surface area contributed by atoms with E-state index in [1.807, 2.05) is 6.07 Å². The molecule has 0 amide bonds. The van der Waals surface area contributed by atoms with Crippen LogP contribution in [0.25, 0.3) is 0 Å². The van der Waals surface area contributed by atoms with Gasteiger partial charge < -0.3 is 10.1 Å². The van der Waals surface area contributed by atoms with Crippen LogP contribution in [-0.2, 0) is 0 Å². The fourth-order valence-corrected chi connectivity index (χ4v) is 1.88. The molecule has 0 aliphatic heterocycles. The lowest BCUT2D eigenvalue weighted by molar-refractivity contribution is 0.213. The van der Waals surface area contributed by atoms with Crippen molar-refractivity contribution in [3.63, 3.8) is 0 Å². The van der Waals surface area contributed by atoms with E-state index in [-0.39, 0.29) is 6.10 Å². The number of hydrogen-bond donors (Lipinski definition) is 1. The first-order valence-corrected chi connectivity index (χ1v) is 7.10. The van der Waals surface area contributed by atoms with E-state index in [1.54, 1.807) is 0 Å². The second-order valence-corrected chi connectivity index (χ2v) is 5.07. The molecule has 2 nitrogen and oxygen atoms in total. The van der Waals surface area contributed by atoms with Gasteiger partial charge in [0.25, 0.3) is 0 Å². The van der Waals surface area contributed by atoms with Gasteiger partial charge in [-0.15, -0.1) is 0 Å². The highest BCUT2D eigenvalue weighted by Gasteiger charge is 2.14. The molecule has 0 aliphatic carbocycles. The highest BCUT2D eigenvalue weighted by atomic mass is 16.5. The van der Waals surface area contributed by atoms with E-state index in [1.165, 1.54) is 5.56 Å². The van der Waals surface area contributed by atoms with Gasteiger partial charge in [-0.3, -0.25) is 0 Å². The first kappa shape index (κ1) is 15.0. The predicted molar refractivity (Wildman–Crippen MR) is 78.1 cm³/mol. The van der Waals surface area contributed by atoms with Crippen LogP contribution in [0, 0.1) is 0 Å². The Morgan fingerprint density at radius 2 is 1.72 bits per heavy atom. The summed E-state index contributed by atoms with van der Waals surface area (Å²) in [5.41, 5.74) is 1.25. The molecule has 1 aromatic rings. The monoisotopic (exact) mass is 249 g/mol. The molecule has 0 spiro atoms. The Morgan fingerprint density at radius 3 is 2.33 bits per heavy atom. The Kier molecular flexibility index (Phi) is 6.20. The van der Waals surface area contributed by atoms with Crippen molar-refractivity contribution in [1.29, 1.82) is 0 Å². The van der Waals surface area contributed by atoms with E-state index >= 15 is 0 Å². The number of benzene rings is 1. The summed E-state index contributed by atoms with van der Waals surface area (Å²) in [4.78, 5) is 0. The maximum absolute atomic E-state index is 5.99. The molecular weight excluding hydrogens is 222 g/mol. The standard InChI is InChI=1S/C16H27NO/c1-6-12(3)17-14(5)15-10-8-9-11-16(15)18-13(4)7-2/h8-14,17H,6-7H2,1-5H3/t12-,13+,14+/m0/s1. The molecule has 0 saturated heterocycles. The molecule has 1 N–H and O–H groups in total. The maximum Gasteiger partial charge on any atom is 0.124 e. The van der Waals surface area contributed by atoms with Gasteiger partial charge in [0, 0.05) is 17.6 Å². The average Bonchev–Trinajstić information content (AvgIpc) is 2.38. The summed E-state index contributed by atoms with van der Waals surface area (Å²) in [5.74, 6) is 1.01. The minimum absolute atomic E-state index is 0.266. The largest absolute Gasteiger partial charge is 0.490 e. The molecule has 0 bridgehead atoms. The van der Waals surface area contributed by atoms with Crippen LogP contribution in [0.5, 0.6) is 5.75 Å². The summed E-state index contributed by atoms with van der Waals surface area (Å²) in [6.07, 6.45) is 2.43. The van der Waals surface area contributed by atoms with E-state index < -0.39 is 0 Å². The Balaban J connectivity index is 2.80. The SMILES string of the molecule is CC[C@@H](C)Oc1ccccc1[C@@H](C)N[C@@H](C)CC. The highest BCUT2D eigenvalue weighted by Crippen LogP contribution is 2.26. The lowest BCUT2D eigenvalue weighted by atomic mass is 10.1. The molecule has 0 aromatic heterocycles. The van der Waals surface area contributed by atoms with Crippen LogP contribution in [0.15, 0.2) is 24.3 Å². The summed E-state index contributed by atoms with van der Waals surface area (Å²) >= 11 is 0. The minimum atomic E-state index is 0.266. The van der Waals surface area contributed by atoms with Gasteiger partial charge in [0.05, 0.1) is 6.10 Å². The normalized spacial score (nSPS) is 16.1. The third-order valence-corrected chi connectivity index (χ3v) is 3.44. The van der Waals surface area contributed by atoms with Crippen molar-refractivity contribution < 1.29 is 4.74 Å². The lowest BCUT2D eigenvalue weighted by Crippen LogP contribution is -2.28. The van der Waals surface area contributed by atoms with E-state index in [0.29, 0.717) is 12.1 Å². The predicted octanol–water partition coefficient (Wildman–Crippen LogP) is 4.31. The van der Waals surface area contributed by atoms with Crippen LogP contribution >= 0.6 is 0 Å². The third kappa shape index (κ3) is 4.34. The second kappa shape index (κ2) is 7.42. The Labute approximate surface area is 112 Å². The Hall–Kier alpha value is -1.02.